The van der Waals surface area contributed by atoms with E-state index in [-0.39, 0.29) is 5.28 Å². The Morgan fingerprint density at radius 2 is 2.10 bits per heavy atom. The van der Waals surface area contributed by atoms with Crippen LogP contribution < -0.4 is 4.90 Å². The van der Waals surface area contributed by atoms with E-state index in [4.69, 9.17) is 20.9 Å². The molecule has 3 aromatic rings. The molecule has 0 amide bonds. The summed E-state index contributed by atoms with van der Waals surface area (Å²) in [5, 5.41) is 4.00. The number of hydrogen-bond donors (Lipinski definition) is 0. The minimum atomic E-state index is 0.263. The fraction of sp³-hybridized carbons (Fsp3) is 0.308. The zero-order valence-corrected chi connectivity index (χ0v) is 12.5. The van der Waals surface area contributed by atoms with Crippen molar-refractivity contribution in [1.29, 1.82) is 0 Å². The Labute approximate surface area is 129 Å². The zero-order valence-electron chi connectivity index (χ0n) is 11.0. The summed E-state index contributed by atoms with van der Waals surface area (Å²) in [5.74, 6) is 0.876. The van der Waals surface area contributed by atoms with Crippen molar-refractivity contribution in [2.75, 3.05) is 31.2 Å². The van der Waals surface area contributed by atoms with Gasteiger partial charge in [0.2, 0.25) is 5.28 Å². The first kappa shape index (κ1) is 13.0. The molecule has 3 aromatic heterocycles. The van der Waals surface area contributed by atoms with Gasteiger partial charge in [-0.3, -0.25) is 0 Å². The Bertz CT molecular complexity index is 768. The predicted molar refractivity (Wildman–Crippen MR) is 81.0 cm³/mol. The summed E-state index contributed by atoms with van der Waals surface area (Å²) in [6.45, 7) is 3.02. The van der Waals surface area contributed by atoms with Crippen LogP contribution in [0.3, 0.4) is 0 Å². The molecule has 0 bridgehead atoms. The van der Waals surface area contributed by atoms with Crippen LogP contribution in [0.1, 0.15) is 0 Å². The highest BCUT2D eigenvalue weighted by Gasteiger charge is 2.19. The molecule has 0 saturated carbocycles. The Hall–Kier alpha value is -1.70. The lowest BCUT2D eigenvalue weighted by molar-refractivity contribution is 0.122. The van der Waals surface area contributed by atoms with E-state index in [1.54, 1.807) is 23.8 Å². The van der Waals surface area contributed by atoms with Crippen molar-refractivity contribution >= 4 is 39.0 Å². The number of rotatable bonds is 2. The maximum atomic E-state index is 6.07. The molecule has 108 valence electrons. The topological polar surface area (TPSA) is 64.3 Å². The molecule has 0 atom stereocenters. The van der Waals surface area contributed by atoms with Crippen LogP contribution in [-0.4, -0.2) is 41.4 Å². The smallest absolute Gasteiger partial charge is 0.224 e. The molecule has 4 rings (SSSR count). The van der Waals surface area contributed by atoms with E-state index in [0.29, 0.717) is 13.2 Å². The first-order valence-corrected chi connectivity index (χ1v) is 7.70. The molecule has 0 aromatic carbocycles. The minimum absolute atomic E-state index is 0.263. The first-order valence-electron chi connectivity index (χ1n) is 6.51. The Morgan fingerprint density at radius 3 is 2.86 bits per heavy atom. The van der Waals surface area contributed by atoms with Crippen molar-refractivity contribution in [2.24, 2.45) is 0 Å². The van der Waals surface area contributed by atoms with Gasteiger partial charge in [-0.2, -0.15) is 4.98 Å². The van der Waals surface area contributed by atoms with Gasteiger partial charge in [-0.25, -0.2) is 4.98 Å². The van der Waals surface area contributed by atoms with E-state index in [9.17, 15) is 0 Å². The van der Waals surface area contributed by atoms with Gasteiger partial charge >= 0.3 is 0 Å². The summed E-state index contributed by atoms with van der Waals surface area (Å²) in [5.41, 5.74) is 1.78. The third kappa shape index (κ3) is 2.37. The van der Waals surface area contributed by atoms with Crippen LogP contribution in [0.5, 0.6) is 0 Å². The molecule has 1 fully saturated rings. The van der Waals surface area contributed by atoms with Crippen LogP contribution in [0.15, 0.2) is 23.0 Å². The molecule has 0 aliphatic carbocycles. The van der Waals surface area contributed by atoms with Crippen molar-refractivity contribution in [1.82, 2.24) is 15.1 Å². The second kappa shape index (κ2) is 5.25. The largest absolute Gasteiger partial charge is 0.378 e. The number of anilines is 1. The van der Waals surface area contributed by atoms with E-state index in [0.717, 1.165) is 39.6 Å². The predicted octanol–water partition coefficient (Wildman–Crippen LogP) is 2.84. The number of aromatic nitrogens is 3. The van der Waals surface area contributed by atoms with Gasteiger partial charge in [0.05, 0.1) is 35.2 Å². The highest BCUT2D eigenvalue weighted by Crippen LogP contribution is 2.37. The lowest BCUT2D eigenvalue weighted by Crippen LogP contribution is -2.36. The summed E-state index contributed by atoms with van der Waals surface area (Å²) in [7, 11) is 0. The van der Waals surface area contributed by atoms with Gasteiger partial charge in [-0.05, 0) is 17.7 Å². The fourth-order valence-corrected chi connectivity index (χ4v) is 3.60. The Morgan fingerprint density at radius 1 is 1.24 bits per heavy atom. The molecule has 0 N–H and O–H groups in total. The average molecular weight is 323 g/mol. The van der Waals surface area contributed by atoms with Crippen LogP contribution in [-0.2, 0) is 4.74 Å². The monoisotopic (exact) mass is 322 g/mol. The number of fused-ring (bicyclic) bond motifs is 1. The van der Waals surface area contributed by atoms with Crippen LogP contribution in [0, 0.1) is 0 Å². The quantitative estimate of drug-likeness (QED) is 0.676. The summed E-state index contributed by atoms with van der Waals surface area (Å²) < 4.78 is 11.3. The van der Waals surface area contributed by atoms with Crippen LogP contribution in [0.25, 0.3) is 20.7 Å². The van der Waals surface area contributed by atoms with E-state index >= 15 is 0 Å². The second-order valence-electron chi connectivity index (χ2n) is 4.65. The van der Waals surface area contributed by atoms with Gasteiger partial charge < -0.3 is 14.2 Å². The molecular weight excluding hydrogens is 312 g/mol. The standard InChI is InChI=1S/C13H11ClN4O2S/c14-13-16-9-5-10(8-6-15-20-7-8)21-11(9)12(17-13)18-1-3-19-4-2-18/h5-7H,1-4H2. The van der Waals surface area contributed by atoms with Crippen LogP contribution in [0.4, 0.5) is 5.82 Å². The van der Waals surface area contributed by atoms with E-state index in [2.05, 4.69) is 20.0 Å². The van der Waals surface area contributed by atoms with Crippen molar-refractivity contribution in [3.05, 3.63) is 23.8 Å². The molecule has 21 heavy (non-hydrogen) atoms. The summed E-state index contributed by atoms with van der Waals surface area (Å²) in [6.07, 6.45) is 3.31. The van der Waals surface area contributed by atoms with Crippen molar-refractivity contribution in [2.45, 2.75) is 0 Å². The van der Waals surface area contributed by atoms with Crippen molar-refractivity contribution in [3.63, 3.8) is 0 Å². The van der Waals surface area contributed by atoms with Gasteiger partial charge in [-0.15, -0.1) is 11.3 Å². The number of morpholine rings is 1. The molecule has 6 nitrogen and oxygen atoms in total. The SMILES string of the molecule is Clc1nc(N2CCOCC2)c2sc(-c3cnoc3)cc2n1. The number of thiophene rings is 1. The van der Waals surface area contributed by atoms with E-state index in [1.165, 1.54) is 0 Å². The molecule has 0 unspecified atom stereocenters. The average Bonchev–Trinajstić information content (AvgIpc) is 3.16. The molecule has 0 radical (unpaired) electrons. The molecule has 4 heterocycles. The maximum absolute atomic E-state index is 6.07. The van der Waals surface area contributed by atoms with Crippen LogP contribution >= 0.6 is 22.9 Å². The lowest BCUT2D eigenvalue weighted by Gasteiger charge is -2.28. The number of ether oxygens (including phenoxy) is 1. The van der Waals surface area contributed by atoms with E-state index in [1.807, 2.05) is 6.07 Å². The third-order valence-electron chi connectivity index (χ3n) is 3.35. The molecule has 1 aliphatic heterocycles. The normalized spacial score (nSPS) is 15.8. The van der Waals surface area contributed by atoms with Gasteiger partial charge in [-0.1, -0.05) is 5.16 Å². The summed E-state index contributed by atoms with van der Waals surface area (Å²) in [4.78, 5) is 12.0. The summed E-state index contributed by atoms with van der Waals surface area (Å²) >= 11 is 7.69. The Balaban J connectivity index is 1.85. The summed E-state index contributed by atoms with van der Waals surface area (Å²) in [6, 6.07) is 1.99. The number of hydrogen-bond acceptors (Lipinski definition) is 7. The van der Waals surface area contributed by atoms with Crippen molar-refractivity contribution < 1.29 is 9.26 Å². The first-order chi connectivity index (χ1) is 10.3. The highest BCUT2D eigenvalue weighted by molar-refractivity contribution is 7.22. The number of nitrogens with zero attached hydrogens (tertiary/aromatic N) is 4. The molecule has 1 saturated heterocycles. The van der Waals surface area contributed by atoms with Gasteiger partial charge in [0.15, 0.2) is 5.82 Å². The van der Waals surface area contributed by atoms with Gasteiger partial charge in [0, 0.05) is 18.0 Å². The lowest BCUT2D eigenvalue weighted by atomic mass is 10.3. The zero-order chi connectivity index (χ0) is 14.2. The third-order valence-corrected chi connectivity index (χ3v) is 4.69. The van der Waals surface area contributed by atoms with E-state index < -0.39 is 0 Å². The number of halogens is 1. The van der Waals surface area contributed by atoms with Gasteiger partial charge in [0.1, 0.15) is 6.26 Å². The molecule has 0 spiro atoms. The highest BCUT2D eigenvalue weighted by atomic mass is 35.5. The van der Waals surface area contributed by atoms with Gasteiger partial charge in [0.25, 0.3) is 0 Å². The maximum Gasteiger partial charge on any atom is 0.224 e. The van der Waals surface area contributed by atoms with Crippen molar-refractivity contribution in [3.8, 4) is 10.4 Å². The van der Waals surface area contributed by atoms with Crippen LogP contribution in [0.2, 0.25) is 5.28 Å². The molecule has 1 aliphatic rings. The minimum Gasteiger partial charge on any atom is -0.378 e. The molecule has 8 heteroatoms. The Kier molecular flexibility index (Phi) is 3.25. The second-order valence-corrected chi connectivity index (χ2v) is 6.04. The fourth-order valence-electron chi connectivity index (χ4n) is 2.35. The molecular formula is C13H11ClN4O2S.